The van der Waals surface area contributed by atoms with E-state index in [1.807, 2.05) is 6.92 Å². The lowest BCUT2D eigenvalue weighted by molar-refractivity contribution is 0.203. The smallest absolute Gasteiger partial charge is 0.0666 e. The average molecular weight is 224 g/mol. The van der Waals surface area contributed by atoms with Crippen LogP contribution in [-0.2, 0) is 0 Å². The van der Waals surface area contributed by atoms with Crippen LogP contribution >= 0.6 is 11.8 Å². The van der Waals surface area contributed by atoms with Crippen LogP contribution in [0.25, 0.3) is 0 Å². The Kier molecular flexibility index (Phi) is 3.58. The van der Waals surface area contributed by atoms with E-state index in [1.54, 1.807) is 0 Å². The van der Waals surface area contributed by atoms with Gasteiger partial charge < -0.3 is 5.32 Å². The third-order valence-electron chi connectivity index (χ3n) is 3.80. The van der Waals surface area contributed by atoms with Gasteiger partial charge >= 0.3 is 0 Å². The second kappa shape index (κ2) is 4.76. The van der Waals surface area contributed by atoms with Gasteiger partial charge in [0.1, 0.15) is 0 Å². The normalized spacial score (nSPS) is 26.9. The molecule has 1 saturated carbocycles. The predicted molar refractivity (Wildman–Crippen MR) is 64.8 cm³/mol. The first-order valence-corrected chi connectivity index (χ1v) is 7.10. The first kappa shape index (κ1) is 11.3. The molecule has 1 spiro atoms. The van der Waals surface area contributed by atoms with Gasteiger partial charge in [-0.15, -0.1) is 0 Å². The minimum Gasteiger partial charge on any atom is -0.313 e. The monoisotopic (exact) mass is 224 g/mol. The molecule has 2 aliphatic rings. The Hall–Kier alpha value is -0.200. The van der Waals surface area contributed by atoms with Crippen LogP contribution in [-0.4, -0.2) is 24.1 Å². The molecule has 0 amide bonds. The van der Waals surface area contributed by atoms with Crippen molar-refractivity contribution in [2.24, 2.45) is 11.3 Å². The highest BCUT2D eigenvalue weighted by atomic mass is 32.2. The van der Waals surface area contributed by atoms with Crippen LogP contribution < -0.4 is 5.32 Å². The predicted octanol–water partition coefficient (Wildman–Crippen LogP) is 2.41. The molecule has 1 saturated heterocycles. The maximum Gasteiger partial charge on any atom is 0.0666 e. The lowest BCUT2D eigenvalue weighted by atomic mass is 9.74. The highest BCUT2D eigenvalue weighted by Gasteiger charge is 2.40. The van der Waals surface area contributed by atoms with Gasteiger partial charge in [0.2, 0.25) is 0 Å². The van der Waals surface area contributed by atoms with Gasteiger partial charge in [-0.05, 0) is 49.5 Å². The van der Waals surface area contributed by atoms with Crippen LogP contribution in [0.1, 0.15) is 32.6 Å². The SMILES string of the molecule is CC(C#N)CNC1CCC2(CC1)CSC2. The molecule has 1 aliphatic carbocycles. The van der Waals surface area contributed by atoms with E-state index < -0.39 is 0 Å². The molecule has 2 fully saturated rings. The van der Waals surface area contributed by atoms with Gasteiger partial charge in [0.05, 0.1) is 12.0 Å². The first-order valence-electron chi connectivity index (χ1n) is 5.95. The average Bonchev–Trinajstić information content (AvgIpc) is 2.24. The van der Waals surface area contributed by atoms with Crippen LogP contribution in [0.3, 0.4) is 0 Å². The molecule has 3 heteroatoms. The summed E-state index contributed by atoms with van der Waals surface area (Å²) in [6.45, 7) is 2.85. The first-order chi connectivity index (χ1) is 7.24. The second-order valence-electron chi connectivity index (χ2n) is 5.21. The Morgan fingerprint density at radius 1 is 1.47 bits per heavy atom. The summed E-state index contributed by atoms with van der Waals surface area (Å²) in [4.78, 5) is 0. The molecule has 0 bridgehead atoms. The van der Waals surface area contributed by atoms with Gasteiger partial charge in [0.25, 0.3) is 0 Å². The van der Waals surface area contributed by atoms with Crippen molar-refractivity contribution >= 4 is 11.8 Å². The summed E-state index contributed by atoms with van der Waals surface area (Å²) in [5.41, 5.74) is 0.726. The van der Waals surface area contributed by atoms with Crippen LogP contribution in [0.5, 0.6) is 0 Å². The number of nitrogens with zero attached hydrogens (tertiary/aromatic N) is 1. The summed E-state index contributed by atoms with van der Waals surface area (Å²) in [6, 6.07) is 2.96. The van der Waals surface area contributed by atoms with E-state index in [0.717, 1.165) is 12.0 Å². The van der Waals surface area contributed by atoms with Gasteiger partial charge in [0, 0.05) is 12.6 Å². The summed E-state index contributed by atoms with van der Waals surface area (Å²) in [5, 5.41) is 12.2. The van der Waals surface area contributed by atoms with E-state index in [-0.39, 0.29) is 5.92 Å². The summed E-state index contributed by atoms with van der Waals surface area (Å²) in [6.07, 6.45) is 5.44. The summed E-state index contributed by atoms with van der Waals surface area (Å²) in [7, 11) is 0. The van der Waals surface area contributed by atoms with Crippen molar-refractivity contribution in [2.75, 3.05) is 18.1 Å². The number of rotatable bonds is 3. The van der Waals surface area contributed by atoms with Crippen LogP contribution in [0.4, 0.5) is 0 Å². The Morgan fingerprint density at radius 2 is 2.13 bits per heavy atom. The van der Waals surface area contributed by atoms with E-state index in [4.69, 9.17) is 5.26 Å². The Labute approximate surface area is 96.8 Å². The summed E-state index contributed by atoms with van der Waals surface area (Å²) in [5.74, 6) is 2.95. The summed E-state index contributed by atoms with van der Waals surface area (Å²) >= 11 is 2.10. The molecule has 1 N–H and O–H groups in total. The fraction of sp³-hybridized carbons (Fsp3) is 0.917. The third-order valence-corrected chi connectivity index (χ3v) is 5.43. The Morgan fingerprint density at radius 3 is 2.60 bits per heavy atom. The van der Waals surface area contributed by atoms with E-state index in [0.29, 0.717) is 6.04 Å². The molecule has 1 atom stereocenters. The quantitative estimate of drug-likeness (QED) is 0.799. The second-order valence-corrected chi connectivity index (χ2v) is 6.19. The van der Waals surface area contributed by atoms with Crippen LogP contribution in [0.2, 0.25) is 0 Å². The number of hydrogen-bond donors (Lipinski definition) is 1. The zero-order valence-electron chi connectivity index (χ0n) is 9.46. The number of thioether (sulfide) groups is 1. The van der Waals surface area contributed by atoms with Crippen molar-refractivity contribution in [3.05, 3.63) is 0 Å². The molecule has 2 rings (SSSR count). The lowest BCUT2D eigenvalue weighted by Crippen LogP contribution is -2.44. The molecule has 1 aliphatic heterocycles. The van der Waals surface area contributed by atoms with Crippen LogP contribution in [0, 0.1) is 22.7 Å². The highest BCUT2D eigenvalue weighted by molar-refractivity contribution is 8.00. The zero-order chi connectivity index (χ0) is 10.7. The van der Waals surface area contributed by atoms with Crippen molar-refractivity contribution in [2.45, 2.75) is 38.6 Å². The van der Waals surface area contributed by atoms with E-state index in [9.17, 15) is 0 Å². The van der Waals surface area contributed by atoms with E-state index >= 15 is 0 Å². The fourth-order valence-corrected chi connectivity index (χ4v) is 3.86. The maximum absolute atomic E-state index is 8.70. The van der Waals surface area contributed by atoms with Gasteiger partial charge in [-0.2, -0.15) is 17.0 Å². The molecule has 1 unspecified atom stereocenters. The van der Waals surface area contributed by atoms with Crippen molar-refractivity contribution < 1.29 is 0 Å². The largest absolute Gasteiger partial charge is 0.313 e. The zero-order valence-corrected chi connectivity index (χ0v) is 10.3. The Balaban J connectivity index is 1.67. The molecule has 0 aromatic carbocycles. The van der Waals surface area contributed by atoms with Gasteiger partial charge in [-0.1, -0.05) is 0 Å². The van der Waals surface area contributed by atoms with Gasteiger partial charge in [-0.25, -0.2) is 0 Å². The standard InChI is InChI=1S/C12H20N2S/c1-10(6-13)7-14-11-2-4-12(5-3-11)8-15-9-12/h10-11,14H,2-5,7-9H2,1H3. The number of hydrogen-bond acceptors (Lipinski definition) is 3. The van der Waals surface area contributed by atoms with Gasteiger partial charge in [-0.3, -0.25) is 0 Å². The van der Waals surface area contributed by atoms with E-state index in [2.05, 4.69) is 23.1 Å². The van der Waals surface area contributed by atoms with Crippen molar-refractivity contribution in [3.8, 4) is 6.07 Å². The molecular formula is C12H20N2S. The molecule has 0 radical (unpaired) electrons. The topological polar surface area (TPSA) is 35.8 Å². The number of nitriles is 1. The maximum atomic E-state index is 8.70. The van der Waals surface area contributed by atoms with Crippen molar-refractivity contribution in [1.82, 2.24) is 5.32 Å². The van der Waals surface area contributed by atoms with E-state index in [1.165, 1.54) is 37.2 Å². The molecule has 0 aromatic heterocycles. The molecule has 84 valence electrons. The third kappa shape index (κ3) is 2.68. The molecule has 15 heavy (non-hydrogen) atoms. The Bertz CT molecular complexity index is 245. The lowest BCUT2D eigenvalue weighted by Gasteiger charge is -2.46. The highest BCUT2D eigenvalue weighted by Crippen LogP contribution is 2.48. The number of nitrogens with one attached hydrogen (secondary N) is 1. The minimum atomic E-state index is 0.153. The molecule has 0 aromatic rings. The van der Waals surface area contributed by atoms with Crippen molar-refractivity contribution in [1.29, 1.82) is 5.26 Å². The fourth-order valence-electron chi connectivity index (χ4n) is 2.50. The molecule has 2 nitrogen and oxygen atoms in total. The van der Waals surface area contributed by atoms with Crippen molar-refractivity contribution in [3.63, 3.8) is 0 Å². The summed E-state index contributed by atoms with van der Waals surface area (Å²) < 4.78 is 0. The molecular weight excluding hydrogens is 204 g/mol. The van der Waals surface area contributed by atoms with Gasteiger partial charge in [0.15, 0.2) is 0 Å². The van der Waals surface area contributed by atoms with Crippen LogP contribution in [0.15, 0.2) is 0 Å². The minimum absolute atomic E-state index is 0.153. The molecule has 1 heterocycles.